The third kappa shape index (κ3) is 2.52. The molecule has 0 aliphatic rings. The lowest BCUT2D eigenvalue weighted by molar-refractivity contribution is 0.664. The van der Waals surface area contributed by atoms with Gasteiger partial charge in [-0.25, -0.2) is 0 Å². The molecular weight excluding hydrogens is 258 g/mol. The molecule has 3 aromatic rings. The van der Waals surface area contributed by atoms with Crippen molar-refractivity contribution in [1.29, 1.82) is 0 Å². The zero-order chi connectivity index (χ0) is 14.7. The van der Waals surface area contributed by atoms with Crippen molar-refractivity contribution in [3.8, 4) is 0 Å². The van der Waals surface area contributed by atoms with Gasteiger partial charge in [0.25, 0.3) is 0 Å². The van der Waals surface area contributed by atoms with Gasteiger partial charge in [0.05, 0.1) is 11.7 Å². The van der Waals surface area contributed by atoms with Gasteiger partial charge >= 0.3 is 0 Å². The Bertz CT molecular complexity index is 747. The van der Waals surface area contributed by atoms with Crippen molar-refractivity contribution in [2.75, 3.05) is 7.05 Å². The Morgan fingerprint density at radius 2 is 1.95 bits per heavy atom. The number of benzene rings is 1. The van der Waals surface area contributed by atoms with Crippen molar-refractivity contribution >= 4 is 10.8 Å². The fourth-order valence-electron chi connectivity index (χ4n) is 2.82. The molecule has 0 amide bonds. The smallest absolute Gasteiger partial charge is 0.0772 e. The molecule has 3 rings (SSSR count). The maximum Gasteiger partial charge on any atom is 0.0772 e. The second-order valence-electron chi connectivity index (χ2n) is 5.07. The molecule has 1 unspecified atom stereocenters. The topological polar surface area (TPSA) is 37.8 Å². The Morgan fingerprint density at radius 1 is 1.10 bits per heavy atom. The van der Waals surface area contributed by atoms with E-state index in [1.54, 1.807) is 0 Å². The number of pyridine rings is 2. The summed E-state index contributed by atoms with van der Waals surface area (Å²) in [6.07, 6.45) is 6.68. The van der Waals surface area contributed by atoms with Gasteiger partial charge in [-0.05, 0) is 30.5 Å². The summed E-state index contributed by atoms with van der Waals surface area (Å²) in [5, 5.41) is 5.78. The van der Waals surface area contributed by atoms with Crippen LogP contribution in [0.1, 0.15) is 29.8 Å². The highest BCUT2D eigenvalue weighted by molar-refractivity contribution is 5.85. The van der Waals surface area contributed by atoms with Gasteiger partial charge in [0.15, 0.2) is 0 Å². The minimum Gasteiger partial charge on any atom is -0.308 e. The number of hydrogen-bond donors (Lipinski definition) is 1. The van der Waals surface area contributed by atoms with Crippen LogP contribution in [0.4, 0.5) is 0 Å². The van der Waals surface area contributed by atoms with Crippen LogP contribution in [0.5, 0.6) is 0 Å². The normalized spacial score (nSPS) is 12.5. The van der Waals surface area contributed by atoms with Gasteiger partial charge in [-0.1, -0.05) is 37.3 Å². The lowest BCUT2D eigenvalue weighted by Gasteiger charge is -2.20. The maximum atomic E-state index is 4.61. The summed E-state index contributed by atoms with van der Waals surface area (Å²) in [5.74, 6) is 0. The van der Waals surface area contributed by atoms with Crippen LogP contribution in [-0.2, 0) is 6.42 Å². The number of fused-ring (bicyclic) bond motifs is 1. The summed E-state index contributed by atoms with van der Waals surface area (Å²) < 4.78 is 0. The van der Waals surface area contributed by atoms with E-state index in [1.165, 1.54) is 16.5 Å². The molecule has 21 heavy (non-hydrogen) atoms. The van der Waals surface area contributed by atoms with Crippen LogP contribution in [0.25, 0.3) is 10.8 Å². The first kappa shape index (κ1) is 13.7. The average molecular weight is 277 g/mol. The lowest BCUT2D eigenvalue weighted by Crippen LogP contribution is -2.21. The van der Waals surface area contributed by atoms with Crippen LogP contribution in [0.2, 0.25) is 0 Å². The average Bonchev–Trinajstić information content (AvgIpc) is 2.56. The summed E-state index contributed by atoms with van der Waals surface area (Å²) in [5.41, 5.74) is 3.52. The zero-order valence-electron chi connectivity index (χ0n) is 12.4. The number of hydrogen-bond acceptors (Lipinski definition) is 3. The van der Waals surface area contributed by atoms with Crippen molar-refractivity contribution in [3.63, 3.8) is 0 Å². The Kier molecular flexibility index (Phi) is 3.93. The summed E-state index contributed by atoms with van der Waals surface area (Å²) in [4.78, 5) is 9.01. The quantitative estimate of drug-likeness (QED) is 0.793. The highest BCUT2D eigenvalue weighted by Gasteiger charge is 2.18. The van der Waals surface area contributed by atoms with Gasteiger partial charge in [-0.2, -0.15) is 0 Å². The van der Waals surface area contributed by atoms with E-state index in [0.29, 0.717) is 0 Å². The van der Waals surface area contributed by atoms with Gasteiger partial charge in [0, 0.05) is 29.5 Å². The molecule has 2 heterocycles. The molecule has 106 valence electrons. The zero-order valence-corrected chi connectivity index (χ0v) is 12.4. The first-order valence-corrected chi connectivity index (χ1v) is 7.28. The molecule has 0 aliphatic carbocycles. The van der Waals surface area contributed by atoms with Crippen LogP contribution >= 0.6 is 0 Å². The number of nitrogens with zero attached hydrogens (tertiary/aromatic N) is 2. The number of rotatable bonds is 4. The molecule has 2 aromatic heterocycles. The van der Waals surface area contributed by atoms with Crippen molar-refractivity contribution < 1.29 is 0 Å². The van der Waals surface area contributed by atoms with E-state index < -0.39 is 0 Å². The van der Waals surface area contributed by atoms with Gasteiger partial charge in [-0.3, -0.25) is 9.97 Å². The molecule has 1 N–H and O–H groups in total. The van der Waals surface area contributed by atoms with Crippen LogP contribution in [0.15, 0.2) is 55.0 Å². The van der Waals surface area contributed by atoms with Crippen LogP contribution in [0.3, 0.4) is 0 Å². The van der Waals surface area contributed by atoms with Gasteiger partial charge in [0.2, 0.25) is 0 Å². The summed E-state index contributed by atoms with van der Waals surface area (Å²) >= 11 is 0. The molecule has 1 atom stereocenters. The minimum atomic E-state index is 0.0553. The predicted octanol–water partition coefficient (Wildman–Crippen LogP) is 3.50. The number of aryl methyl sites for hydroxylation is 1. The van der Waals surface area contributed by atoms with E-state index >= 15 is 0 Å². The summed E-state index contributed by atoms with van der Waals surface area (Å²) in [7, 11) is 1.97. The Morgan fingerprint density at radius 3 is 2.76 bits per heavy atom. The van der Waals surface area contributed by atoms with Crippen LogP contribution < -0.4 is 5.32 Å². The molecular formula is C18H19N3. The highest BCUT2D eigenvalue weighted by Crippen LogP contribution is 2.28. The summed E-state index contributed by atoms with van der Waals surface area (Å²) in [6.45, 7) is 2.16. The molecule has 1 aromatic carbocycles. The van der Waals surface area contributed by atoms with Gasteiger partial charge in [0.1, 0.15) is 0 Å². The van der Waals surface area contributed by atoms with Gasteiger partial charge in [-0.15, -0.1) is 0 Å². The van der Waals surface area contributed by atoms with Crippen LogP contribution in [0, 0.1) is 0 Å². The fourth-order valence-corrected chi connectivity index (χ4v) is 2.82. The second kappa shape index (κ2) is 6.02. The second-order valence-corrected chi connectivity index (χ2v) is 5.07. The summed E-state index contributed by atoms with van der Waals surface area (Å²) in [6, 6.07) is 12.5. The molecule has 0 saturated heterocycles. The first-order chi connectivity index (χ1) is 10.3. The number of aromatic nitrogens is 2. The standard InChI is InChI=1S/C18H19N3/c1-3-13-8-6-10-21-17(13)18(19-2)16-12-20-11-14-7-4-5-9-15(14)16/h4-12,18-19H,3H2,1-2H3. The van der Waals surface area contributed by atoms with E-state index in [2.05, 4.69) is 46.5 Å². The molecule has 3 nitrogen and oxygen atoms in total. The maximum absolute atomic E-state index is 4.61. The predicted molar refractivity (Wildman–Crippen MR) is 86.3 cm³/mol. The Labute approximate surface area is 125 Å². The third-order valence-corrected chi connectivity index (χ3v) is 3.88. The monoisotopic (exact) mass is 277 g/mol. The largest absolute Gasteiger partial charge is 0.308 e. The van der Waals surface area contributed by atoms with E-state index in [-0.39, 0.29) is 6.04 Å². The van der Waals surface area contributed by atoms with E-state index in [0.717, 1.165) is 17.5 Å². The molecule has 0 fully saturated rings. The molecule has 0 saturated carbocycles. The van der Waals surface area contributed by atoms with Crippen molar-refractivity contribution in [3.05, 3.63) is 71.8 Å². The van der Waals surface area contributed by atoms with E-state index in [4.69, 9.17) is 0 Å². The molecule has 0 aliphatic heterocycles. The van der Waals surface area contributed by atoms with E-state index in [9.17, 15) is 0 Å². The Hall–Kier alpha value is -2.26. The SMILES string of the molecule is CCc1cccnc1C(NC)c1cncc2ccccc12. The molecule has 0 spiro atoms. The number of nitrogens with one attached hydrogen (secondary N) is 1. The van der Waals surface area contributed by atoms with Crippen molar-refractivity contribution in [2.45, 2.75) is 19.4 Å². The minimum absolute atomic E-state index is 0.0553. The van der Waals surface area contributed by atoms with Crippen LogP contribution in [-0.4, -0.2) is 17.0 Å². The third-order valence-electron chi connectivity index (χ3n) is 3.88. The Balaban J connectivity index is 2.19. The first-order valence-electron chi connectivity index (χ1n) is 7.28. The lowest BCUT2D eigenvalue weighted by atomic mass is 9.95. The van der Waals surface area contributed by atoms with Gasteiger partial charge < -0.3 is 5.32 Å². The van der Waals surface area contributed by atoms with Crippen molar-refractivity contribution in [1.82, 2.24) is 15.3 Å². The highest BCUT2D eigenvalue weighted by atomic mass is 14.9. The molecule has 0 radical (unpaired) electrons. The molecule has 0 bridgehead atoms. The van der Waals surface area contributed by atoms with E-state index in [1.807, 2.05) is 37.8 Å². The molecule has 3 heteroatoms. The fraction of sp³-hybridized carbons (Fsp3) is 0.222. The van der Waals surface area contributed by atoms with Crippen molar-refractivity contribution in [2.24, 2.45) is 0 Å².